The van der Waals surface area contributed by atoms with Crippen LogP contribution >= 0.6 is 0 Å². The standard InChI is InChI=1S/C17H23N3O3/c1-4-13(3)19(11-16(21)22)17(23)14-5-7-15(8-6-14)20-10-9-12(2)18-20/h5-8,13H,4,9-11H2,1-3H3,(H,21,22). The van der Waals surface area contributed by atoms with E-state index in [1.54, 1.807) is 12.1 Å². The Hall–Kier alpha value is -2.37. The molecule has 0 aliphatic carbocycles. The smallest absolute Gasteiger partial charge is 0.323 e. The predicted octanol–water partition coefficient (Wildman–Crippen LogP) is 2.60. The van der Waals surface area contributed by atoms with Gasteiger partial charge in [-0.3, -0.25) is 14.6 Å². The molecule has 0 fully saturated rings. The Labute approximate surface area is 136 Å². The lowest BCUT2D eigenvalue weighted by Gasteiger charge is -2.27. The third-order valence-electron chi connectivity index (χ3n) is 4.08. The summed E-state index contributed by atoms with van der Waals surface area (Å²) in [4.78, 5) is 25.0. The van der Waals surface area contributed by atoms with Crippen LogP contribution in [0.15, 0.2) is 29.4 Å². The second-order valence-electron chi connectivity index (χ2n) is 5.84. The lowest BCUT2D eigenvalue weighted by atomic mass is 10.1. The number of carbonyl (C=O) groups is 2. The molecule has 1 atom stereocenters. The zero-order valence-electron chi connectivity index (χ0n) is 13.8. The largest absolute Gasteiger partial charge is 0.480 e. The van der Waals surface area contributed by atoms with Crippen LogP contribution in [-0.4, -0.2) is 46.7 Å². The number of amides is 1. The monoisotopic (exact) mass is 317 g/mol. The highest BCUT2D eigenvalue weighted by Gasteiger charge is 2.23. The third-order valence-corrected chi connectivity index (χ3v) is 4.08. The van der Waals surface area contributed by atoms with Crippen molar-refractivity contribution < 1.29 is 14.7 Å². The number of hydrogen-bond donors (Lipinski definition) is 1. The number of benzene rings is 1. The fourth-order valence-corrected chi connectivity index (χ4v) is 2.50. The zero-order valence-corrected chi connectivity index (χ0v) is 13.8. The molecule has 1 unspecified atom stereocenters. The SMILES string of the molecule is CCC(C)N(CC(=O)O)C(=O)c1ccc(N2CCC(C)=N2)cc1. The molecule has 0 spiro atoms. The van der Waals surface area contributed by atoms with E-state index in [1.165, 1.54) is 4.90 Å². The van der Waals surface area contributed by atoms with E-state index in [-0.39, 0.29) is 18.5 Å². The topological polar surface area (TPSA) is 73.2 Å². The first-order chi connectivity index (χ1) is 10.9. The van der Waals surface area contributed by atoms with E-state index in [1.807, 2.05) is 37.9 Å². The number of carboxylic acids is 1. The third kappa shape index (κ3) is 4.09. The van der Waals surface area contributed by atoms with Crippen molar-refractivity contribution >= 4 is 23.3 Å². The Balaban J connectivity index is 2.16. The molecule has 1 aliphatic heterocycles. The summed E-state index contributed by atoms with van der Waals surface area (Å²) < 4.78 is 0. The molecule has 0 radical (unpaired) electrons. The normalized spacial score (nSPS) is 15.3. The molecule has 23 heavy (non-hydrogen) atoms. The van der Waals surface area contributed by atoms with Crippen LogP contribution in [-0.2, 0) is 4.79 Å². The van der Waals surface area contributed by atoms with Crippen LogP contribution < -0.4 is 5.01 Å². The highest BCUT2D eigenvalue weighted by Crippen LogP contribution is 2.21. The number of rotatable bonds is 6. The van der Waals surface area contributed by atoms with Crippen LogP contribution in [0.2, 0.25) is 0 Å². The molecule has 0 bridgehead atoms. The quantitative estimate of drug-likeness (QED) is 0.875. The summed E-state index contributed by atoms with van der Waals surface area (Å²) in [5, 5.41) is 15.4. The van der Waals surface area contributed by atoms with Crippen molar-refractivity contribution in [3.05, 3.63) is 29.8 Å². The lowest BCUT2D eigenvalue weighted by Crippen LogP contribution is -2.41. The second kappa shape index (κ2) is 7.26. The molecule has 0 aromatic heterocycles. The minimum Gasteiger partial charge on any atom is -0.480 e. The van der Waals surface area contributed by atoms with Crippen molar-refractivity contribution in [1.29, 1.82) is 0 Å². The maximum atomic E-state index is 12.6. The number of aliphatic carboxylic acids is 1. The summed E-state index contributed by atoms with van der Waals surface area (Å²) >= 11 is 0. The van der Waals surface area contributed by atoms with Gasteiger partial charge >= 0.3 is 5.97 Å². The van der Waals surface area contributed by atoms with Gasteiger partial charge in [-0.05, 0) is 44.5 Å². The van der Waals surface area contributed by atoms with Gasteiger partial charge in [0.1, 0.15) is 6.54 Å². The lowest BCUT2D eigenvalue weighted by molar-refractivity contribution is -0.138. The van der Waals surface area contributed by atoms with Gasteiger partial charge in [0.15, 0.2) is 0 Å². The van der Waals surface area contributed by atoms with E-state index in [0.717, 1.165) is 24.4 Å². The molecule has 1 aromatic carbocycles. The van der Waals surface area contributed by atoms with Crippen molar-refractivity contribution in [3.63, 3.8) is 0 Å². The molecule has 6 heteroatoms. The minimum absolute atomic E-state index is 0.121. The highest BCUT2D eigenvalue weighted by molar-refractivity contribution is 5.96. The minimum atomic E-state index is -1.00. The summed E-state index contributed by atoms with van der Waals surface area (Å²) in [5.74, 6) is -1.26. The van der Waals surface area contributed by atoms with Crippen LogP contribution in [0.3, 0.4) is 0 Å². The molecular weight excluding hydrogens is 294 g/mol. The Morgan fingerprint density at radius 2 is 2.00 bits per heavy atom. The summed E-state index contributed by atoms with van der Waals surface area (Å²) in [6.45, 7) is 6.34. The Morgan fingerprint density at radius 1 is 1.35 bits per heavy atom. The predicted molar refractivity (Wildman–Crippen MR) is 89.9 cm³/mol. The number of hydrogen-bond acceptors (Lipinski definition) is 4. The summed E-state index contributed by atoms with van der Waals surface area (Å²) in [5.41, 5.74) is 2.52. The molecule has 124 valence electrons. The number of anilines is 1. The molecule has 0 saturated heterocycles. The van der Waals surface area contributed by atoms with Gasteiger partial charge in [-0.25, -0.2) is 0 Å². The van der Waals surface area contributed by atoms with Crippen molar-refractivity contribution in [2.24, 2.45) is 5.10 Å². The Kier molecular flexibility index (Phi) is 5.36. The molecule has 1 aromatic rings. The van der Waals surface area contributed by atoms with E-state index in [4.69, 9.17) is 5.11 Å². The summed E-state index contributed by atoms with van der Waals surface area (Å²) in [6, 6.07) is 7.05. The van der Waals surface area contributed by atoms with Gasteiger partial charge in [-0.1, -0.05) is 6.92 Å². The first-order valence-corrected chi connectivity index (χ1v) is 7.86. The molecule has 1 heterocycles. The number of nitrogens with zero attached hydrogens (tertiary/aromatic N) is 3. The first kappa shape index (κ1) is 17.0. The maximum Gasteiger partial charge on any atom is 0.323 e. The second-order valence-corrected chi connectivity index (χ2v) is 5.84. The van der Waals surface area contributed by atoms with Gasteiger partial charge in [0, 0.05) is 30.3 Å². The zero-order chi connectivity index (χ0) is 17.0. The summed E-state index contributed by atoms with van der Waals surface area (Å²) in [6.07, 6.45) is 1.65. The van der Waals surface area contributed by atoms with E-state index in [9.17, 15) is 9.59 Å². The molecule has 0 saturated carbocycles. The van der Waals surface area contributed by atoms with Crippen LogP contribution in [0, 0.1) is 0 Å². The van der Waals surface area contributed by atoms with E-state index >= 15 is 0 Å². The average Bonchev–Trinajstić information content (AvgIpc) is 2.97. The molecule has 2 rings (SSSR count). The van der Waals surface area contributed by atoms with Gasteiger partial charge in [0.05, 0.1) is 5.69 Å². The van der Waals surface area contributed by atoms with Gasteiger partial charge < -0.3 is 10.0 Å². The molecular formula is C17H23N3O3. The van der Waals surface area contributed by atoms with Gasteiger partial charge in [-0.2, -0.15) is 5.10 Å². The molecule has 6 nitrogen and oxygen atoms in total. The molecule has 1 N–H and O–H groups in total. The van der Waals surface area contributed by atoms with Crippen molar-refractivity contribution in [2.45, 2.75) is 39.7 Å². The van der Waals surface area contributed by atoms with Crippen LogP contribution in [0.1, 0.15) is 44.0 Å². The fourth-order valence-electron chi connectivity index (χ4n) is 2.50. The van der Waals surface area contributed by atoms with E-state index < -0.39 is 5.97 Å². The fraction of sp³-hybridized carbons (Fsp3) is 0.471. The molecule has 1 aliphatic rings. The van der Waals surface area contributed by atoms with Crippen molar-refractivity contribution in [1.82, 2.24) is 4.90 Å². The Morgan fingerprint density at radius 3 is 2.48 bits per heavy atom. The van der Waals surface area contributed by atoms with Gasteiger partial charge in [-0.15, -0.1) is 0 Å². The number of carboxylic acid groups (broad SMARTS) is 1. The highest BCUT2D eigenvalue weighted by atomic mass is 16.4. The van der Waals surface area contributed by atoms with Gasteiger partial charge in [0.25, 0.3) is 5.91 Å². The van der Waals surface area contributed by atoms with Gasteiger partial charge in [0.2, 0.25) is 0 Å². The summed E-state index contributed by atoms with van der Waals surface area (Å²) in [7, 11) is 0. The van der Waals surface area contributed by atoms with E-state index in [0.29, 0.717) is 12.0 Å². The Bertz CT molecular complexity index is 610. The molecule has 1 amide bonds. The maximum absolute atomic E-state index is 12.6. The van der Waals surface area contributed by atoms with Crippen LogP contribution in [0.25, 0.3) is 0 Å². The van der Waals surface area contributed by atoms with Crippen LogP contribution in [0.4, 0.5) is 5.69 Å². The van der Waals surface area contributed by atoms with E-state index in [2.05, 4.69) is 5.10 Å². The number of hydrazone groups is 1. The first-order valence-electron chi connectivity index (χ1n) is 7.86. The van der Waals surface area contributed by atoms with Crippen molar-refractivity contribution in [2.75, 3.05) is 18.1 Å². The van der Waals surface area contributed by atoms with Crippen molar-refractivity contribution in [3.8, 4) is 0 Å². The average molecular weight is 317 g/mol. The number of carbonyl (C=O) groups excluding carboxylic acids is 1. The van der Waals surface area contributed by atoms with Crippen LogP contribution in [0.5, 0.6) is 0 Å².